The number of hydrogen-bond donors (Lipinski definition) is 2. The Hall–Kier alpha value is -2.43. The average Bonchev–Trinajstić information content (AvgIpc) is 2.49. The molecule has 0 bridgehead atoms. The summed E-state index contributed by atoms with van der Waals surface area (Å²) >= 11 is 0. The van der Waals surface area contributed by atoms with Crippen LogP contribution in [0.25, 0.3) is 0 Å². The van der Waals surface area contributed by atoms with Gasteiger partial charge in [0.25, 0.3) is 0 Å². The van der Waals surface area contributed by atoms with Crippen molar-refractivity contribution in [1.29, 1.82) is 0 Å². The van der Waals surface area contributed by atoms with E-state index in [1.807, 2.05) is 18.2 Å². The normalized spacial score (nSPS) is 10.1. The van der Waals surface area contributed by atoms with Crippen molar-refractivity contribution < 1.29 is 4.79 Å². The Kier molecular flexibility index (Phi) is 4.65. The molecule has 2 N–H and O–H groups in total. The zero-order valence-corrected chi connectivity index (χ0v) is 11.7. The van der Waals surface area contributed by atoms with Gasteiger partial charge in [-0.05, 0) is 30.2 Å². The largest absolute Gasteiger partial charge is 0.339 e. The molecule has 1 aromatic heterocycles. The second-order valence-electron chi connectivity index (χ2n) is 4.34. The second-order valence-corrected chi connectivity index (χ2v) is 4.34. The molecule has 0 fully saturated rings. The van der Waals surface area contributed by atoms with Crippen molar-refractivity contribution in [3.05, 3.63) is 42.0 Å². The first-order chi connectivity index (χ1) is 9.72. The average molecular weight is 270 g/mol. The minimum Gasteiger partial charge on any atom is -0.339 e. The molecule has 2 aromatic rings. The number of aryl methyl sites for hydroxylation is 1. The Morgan fingerprint density at radius 1 is 1.05 bits per heavy atom. The van der Waals surface area contributed by atoms with Gasteiger partial charge in [-0.15, -0.1) is 10.2 Å². The van der Waals surface area contributed by atoms with Gasteiger partial charge in [-0.1, -0.05) is 32.0 Å². The summed E-state index contributed by atoms with van der Waals surface area (Å²) < 4.78 is 0. The monoisotopic (exact) mass is 270 g/mol. The van der Waals surface area contributed by atoms with Crippen LogP contribution in [0.2, 0.25) is 0 Å². The molecular weight excluding hydrogens is 252 g/mol. The van der Waals surface area contributed by atoms with Gasteiger partial charge < -0.3 is 10.6 Å². The number of nitrogens with one attached hydrogen (secondary N) is 2. The van der Waals surface area contributed by atoms with Gasteiger partial charge in [0, 0.05) is 12.1 Å². The number of carbonyl (C=O) groups is 1. The molecule has 1 heterocycles. The summed E-state index contributed by atoms with van der Waals surface area (Å²) in [6.45, 7) is 3.90. The molecule has 0 saturated carbocycles. The van der Waals surface area contributed by atoms with E-state index in [0.717, 1.165) is 12.1 Å². The third kappa shape index (κ3) is 3.54. The SMILES string of the molecule is CCC(=O)Nc1ccc(Nc2ccccc2CC)nn1. The predicted octanol–water partition coefficient (Wildman–Crippen LogP) is 3.13. The van der Waals surface area contributed by atoms with E-state index in [2.05, 4.69) is 33.8 Å². The second kappa shape index (κ2) is 6.65. The number of amides is 1. The highest BCUT2D eigenvalue weighted by Gasteiger charge is 2.03. The smallest absolute Gasteiger partial charge is 0.225 e. The molecule has 5 nitrogen and oxygen atoms in total. The fraction of sp³-hybridized carbons (Fsp3) is 0.267. The summed E-state index contributed by atoms with van der Waals surface area (Å²) in [4.78, 5) is 11.2. The van der Waals surface area contributed by atoms with Crippen molar-refractivity contribution in [2.75, 3.05) is 10.6 Å². The van der Waals surface area contributed by atoms with Gasteiger partial charge >= 0.3 is 0 Å². The van der Waals surface area contributed by atoms with Gasteiger partial charge in [-0.3, -0.25) is 4.79 Å². The van der Waals surface area contributed by atoms with Crippen molar-refractivity contribution in [2.45, 2.75) is 26.7 Å². The highest BCUT2D eigenvalue weighted by atomic mass is 16.1. The highest BCUT2D eigenvalue weighted by molar-refractivity contribution is 5.89. The molecule has 1 amide bonds. The lowest BCUT2D eigenvalue weighted by atomic mass is 10.1. The minimum absolute atomic E-state index is 0.0728. The van der Waals surface area contributed by atoms with E-state index in [1.165, 1.54) is 5.56 Å². The van der Waals surface area contributed by atoms with Crippen LogP contribution in [0.5, 0.6) is 0 Å². The number of anilines is 3. The number of rotatable bonds is 5. The van der Waals surface area contributed by atoms with Crippen LogP contribution in [0, 0.1) is 0 Å². The van der Waals surface area contributed by atoms with Gasteiger partial charge in [0.1, 0.15) is 0 Å². The van der Waals surface area contributed by atoms with E-state index in [-0.39, 0.29) is 5.91 Å². The molecule has 0 atom stereocenters. The van der Waals surface area contributed by atoms with Gasteiger partial charge in [-0.25, -0.2) is 0 Å². The van der Waals surface area contributed by atoms with E-state index in [1.54, 1.807) is 19.1 Å². The molecule has 0 saturated heterocycles. The minimum atomic E-state index is -0.0728. The van der Waals surface area contributed by atoms with Crippen LogP contribution < -0.4 is 10.6 Å². The summed E-state index contributed by atoms with van der Waals surface area (Å²) in [6.07, 6.45) is 1.37. The number of para-hydroxylation sites is 1. The van der Waals surface area contributed by atoms with Crippen molar-refractivity contribution in [3.8, 4) is 0 Å². The maximum Gasteiger partial charge on any atom is 0.225 e. The summed E-state index contributed by atoms with van der Waals surface area (Å²) in [5, 5.41) is 13.9. The maximum atomic E-state index is 11.2. The molecular formula is C15H18N4O. The number of hydrogen-bond acceptors (Lipinski definition) is 4. The zero-order valence-electron chi connectivity index (χ0n) is 11.7. The van der Waals surface area contributed by atoms with E-state index in [9.17, 15) is 4.79 Å². The van der Waals surface area contributed by atoms with Gasteiger partial charge in [0.2, 0.25) is 5.91 Å². The van der Waals surface area contributed by atoms with Gasteiger partial charge in [0.15, 0.2) is 11.6 Å². The van der Waals surface area contributed by atoms with Crippen molar-refractivity contribution in [1.82, 2.24) is 10.2 Å². The number of benzene rings is 1. The Morgan fingerprint density at radius 3 is 2.40 bits per heavy atom. The molecule has 0 unspecified atom stereocenters. The Balaban J connectivity index is 2.09. The molecule has 0 aliphatic heterocycles. The van der Waals surface area contributed by atoms with E-state index in [4.69, 9.17) is 0 Å². The summed E-state index contributed by atoms with van der Waals surface area (Å²) in [5.41, 5.74) is 2.24. The molecule has 2 rings (SSSR count). The number of aromatic nitrogens is 2. The van der Waals surface area contributed by atoms with Crippen LogP contribution >= 0.6 is 0 Å². The van der Waals surface area contributed by atoms with Crippen LogP contribution in [0.15, 0.2) is 36.4 Å². The lowest BCUT2D eigenvalue weighted by molar-refractivity contribution is -0.115. The summed E-state index contributed by atoms with van der Waals surface area (Å²) in [6, 6.07) is 11.6. The Morgan fingerprint density at radius 2 is 1.75 bits per heavy atom. The van der Waals surface area contributed by atoms with Crippen LogP contribution in [-0.4, -0.2) is 16.1 Å². The number of nitrogens with zero attached hydrogens (tertiary/aromatic N) is 2. The quantitative estimate of drug-likeness (QED) is 0.876. The van der Waals surface area contributed by atoms with E-state index >= 15 is 0 Å². The predicted molar refractivity (Wildman–Crippen MR) is 80.1 cm³/mol. The van der Waals surface area contributed by atoms with Crippen molar-refractivity contribution in [3.63, 3.8) is 0 Å². The van der Waals surface area contributed by atoms with E-state index in [0.29, 0.717) is 18.1 Å². The van der Waals surface area contributed by atoms with Gasteiger partial charge in [-0.2, -0.15) is 0 Å². The molecule has 1 aromatic carbocycles. The third-order valence-corrected chi connectivity index (χ3v) is 2.91. The van der Waals surface area contributed by atoms with Crippen LogP contribution in [0.1, 0.15) is 25.8 Å². The maximum absolute atomic E-state index is 11.2. The Labute approximate surface area is 118 Å². The highest BCUT2D eigenvalue weighted by Crippen LogP contribution is 2.19. The molecule has 0 radical (unpaired) electrons. The summed E-state index contributed by atoms with van der Waals surface area (Å²) in [5.74, 6) is 1.04. The first kappa shape index (κ1) is 14.0. The Bertz CT molecular complexity index is 581. The molecule has 0 spiro atoms. The molecule has 20 heavy (non-hydrogen) atoms. The summed E-state index contributed by atoms with van der Waals surface area (Å²) in [7, 11) is 0. The fourth-order valence-corrected chi connectivity index (χ4v) is 1.79. The van der Waals surface area contributed by atoms with Crippen molar-refractivity contribution in [2.24, 2.45) is 0 Å². The van der Waals surface area contributed by atoms with Crippen LogP contribution in [-0.2, 0) is 11.2 Å². The van der Waals surface area contributed by atoms with Crippen molar-refractivity contribution >= 4 is 23.2 Å². The molecule has 5 heteroatoms. The molecule has 0 aliphatic carbocycles. The first-order valence-corrected chi connectivity index (χ1v) is 6.71. The van der Waals surface area contributed by atoms with Gasteiger partial charge in [0.05, 0.1) is 0 Å². The first-order valence-electron chi connectivity index (χ1n) is 6.71. The van der Waals surface area contributed by atoms with Crippen LogP contribution in [0.4, 0.5) is 17.3 Å². The third-order valence-electron chi connectivity index (χ3n) is 2.91. The van der Waals surface area contributed by atoms with Crippen LogP contribution in [0.3, 0.4) is 0 Å². The molecule has 104 valence electrons. The lowest BCUT2D eigenvalue weighted by Gasteiger charge is -2.10. The topological polar surface area (TPSA) is 66.9 Å². The lowest BCUT2D eigenvalue weighted by Crippen LogP contribution is -2.11. The van der Waals surface area contributed by atoms with E-state index < -0.39 is 0 Å². The standard InChI is InChI=1S/C15H18N4O/c1-3-11-7-5-6-8-12(11)16-13-9-10-14(19-18-13)17-15(20)4-2/h5-10H,3-4H2,1-2H3,(H,16,18)(H,17,19,20). The molecule has 0 aliphatic rings. The fourth-order valence-electron chi connectivity index (χ4n) is 1.79. The number of carbonyl (C=O) groups excluding carboxylic acids is 1. The zero-order chi connectivity index (χ0) is 14.4.